The molecule has 2 aromatic carbocycles. The first-order valence-corrected chi connectivity index (χ1v) is 7.00. The molecule has 0 bridgehead atoms. The van der Waals surface area contributed by atoms with E-state index in [1.54, 1.807) is 0 Å². The van der Waals surface area contributed by atoms with Gasteiger partial charge in [0.1, 0.15) is 6.07 Å². The van der Waals surface area contributed by atoms with Gasteiger partial charge in [0, 0.05) is 17.5 Å². The zero-order chi connectivity index (χ0) is 14.8. The minimum atomic E-state index is 0.404. The summed E-state index contributed by atoms with van der Waals surface area (Å²) in [5.74, 6) is 0.507. The quantitative estimate of drug-likeness (QED) is 0.724. The molecule has 0 fully saturated rings. The standard InChI is InChI=1S/C17H12ClN3/c18-8-11-1-3-12(4-2-11)13-5-6-15-16(7-13)21-10-14(9-19)17(15)20/h1-7,10H,8H2,(H2,20,21). The third-order valence-electron chi connectivity index (χ3n) is 3.47. The minimum absolute atomic E-state index is 0.404. The number of fused-ring (bicyclic) bond motifs is 1. The highest BCUT2D eigenvalue weighted by Gasteiger charge is 2.07. The van der Waals surface area contributed by atoms with Crippen molar-refractivity contribution in [1.29, 1.82) is 5.26 Å². The lowest BCUT2D eigenvalue weighted by molar-refractivity contribution is 1.37. The van der Waals surface area contributed by atoms with E-state index >= 15 is 0 Å². The van der Waals surface area contributed by atoms with Crippen molar-refractivity contribution < 1.29 is 0 Å². The number of nitrogen functional groups attached to an aromatic ring is 1. The molecule has 4 heteroatoms. The zero-order valence-corrected chi connectivity index (χ0v) is 11.9. The Hall–Kier alpha value is -2.57. The first-order chi connectivity index (χ1) is 10.2. The lowest BCUT2D eigenvalue weighted by Crippen LogP contribution is -1.94. The van der Waals surface area contributed by atoms with Crippen LogP contribution in [0.4, 0.5) is 5.69 Å². The maximum absolute atomic E-state index is 8.98. The molecule has 0 radical (unpaired) electrons. The summed E-state index contributed by atoms with van der Waals surface area (Å²) < 4.78 is 0. The van der Waals surface area contributed by atoms with Crippen LogP contribution in [-0.4, -0.2) is 4.98 Å². The fraction of sp³-hybridized carbons (Fsp3) is 0.0588. The van der Waals surface area contributed by atoms with E-state index in [1.165, 1.54) is 6.20 Å². The molecule has 3 rings (SSSR count). The Morgan fingerprint density at radius 3 is 2.48 bits per heavy atom. The average molecular weight is 294 g/mol. The van der Waals surface area contributed by atoms with E-state index in [9.17, 15) is 0 Å². The van der Waals surface area contributed by atoms with E-state index in [1.807, 2.05) is 48.5 Å². The second-order valence-electron chi connectivity index (χ2n) is 4.76. The molecule has 21 heavy (non-hydrogen) atoms. The summed E-state index contributed by atoms with van der Waals surface area (Å²) in [6.45, 7) is 0. The largest absolute Gasteiger partial charge is 0.397 e. The molecule has 0 aliphatic heterocycles. The molecule has 102 valence electrons. The summed E-state index contributed by atoms with van der Waals surface area (Å²) in [7, 11) is 0. The molecule has 0 saturated heterocycles. The van der Waals surface area contributed by atoms with Gasteiger partial charge in [0.2, 0.25) is 0 Å². The number of anilines is 1. The molecule has 0 unspecified atom stereocenters. The third kappa shape index (κ3) is 2.42. The molecule has 0 spiro atoms. The monoisotopic (exact) mass is 293 g/mol. The van der Waals surface area contributed by atoms with Gasteiger partial charge in [-0.05, 0) is 22.8 Å². The number of rotatable bonds is 2. The number of pyridine rings is 1. The van der Waals surface area contributed by atoms with E-state index < -0.39 is 0 Å². The van der Waals surface area contributed by atoms with Gasteiger partial charge in [-0.25, -0.2) is 0 Å². The van der Waals surface area contributed by atoms with Crippen LogP contribution in [0.25, 0.3) is 22.0 Å². The second kappa shape index (κ2) is 5.43. The van der Waals surface area contributed by atoms with E-state index in [0.29, 0.717) is 17.1 Å². The Bertz CT molecular complexity index is 848. The fourth-order valence-corrected chi connectivity index (χ4v) is 2.45. The number of benzene rings is 2. The molecule has 0 amide bonds. The molecular formula is C17H12ClN3. The highest BCUT2D eigenvalue weighted by Crippen LogP contribution is 2.28. The summed E-state index contributed by atoms with van der Waals surface area (Å²) >= 11 is 5.80. The Morgan fingerprint density at radius 2 is 1.81 bits per heavy atom. The molecule has 3 aromatic rings. The minimum Gasteiger partial charge on any atom is -0.397 e. The molecule has 0 aliphatic carbocycles. The van der Waals surface area contributed by atoms with Crippen LogP contribution in [0.15, 0.2) is 48.7 Å². The van der Waals surface area contributed by atoms with Gasteiger partial charge in [-0.1, -0.05) is 36.4 Å². The molecule has 1 aromatic heterocycles. The SMILES string of the molecule is N#Cc1cnc2cc(-c3ccc(CCl)cc3)ccc2c1N. The molecule has 2 N–H and O–H groups in total. The van der Waals surface area contributed by atoms with E-state index in [2.05, 4.69) is 4.98 Å². The molecule has 1 heterocycles. The van der Waals surface area contributed by atoms with Crippen molar-refractivity contribution in [2.75, 3.05) is 5.73 Å². The van der Waals surface area contributed by atoms with Crippen LogP contribution in [-0.2, 0) is 5.88 Å². The number of alkyl halides is 1. The lowest BCUT2D eigenvalue weighted by atomic mass is 10.0. The summed E-state index contributed by atoms with van der Waals surface area (Å²) in [6.07, 6.45) is 1.51. The molecule has 3 nitrogen and oxygen atoms in total. The van der Waals surface area contributed by atoms with Gasteiger partial charge in [-0.2, -0.15) is 5.26 Å². The van der Waals surface area contributed by atoms with E-state index in [-0.39, 0.29) is 0 Å². The van der Waals surface area contributed by atoms with Crippen LogP contribution in [0.5, 0.6) is 0 Å². The second-order valence-corrected chi connectivity index (χ2v) is 5.03. The summed E-state index contributed by atoms with van der Waals surface area (Å²) in [5, 5.41) is 9.78. The predicted octanol–water partition coefficient (Wildman–Crippen LogP) is 4.09. The normalized spacial score (nSPS) is 10.5. The van der Waals surface area contributed by atoms with Crippen molar-refractivity contribution in [3.05, 3.63) is 59.8 Å². The van der Waals surface area contributed by atoms with Crippen LogP contribution < -0.4 is 5.73 Å². The Balaban J connectivity index is 2.11. The number of aromatic nitrogens is 1. The number of nitrogens with two attached hydrogens (primary N) is 1. The van der Waals surface area contributed by atoms with Crippen molar-refractivity contribution in [2.45, 2.75) is 5.88 Å². The van der Waals surface area contributed by atoms with Gasteiger partial charge in [0.15, 0.2) is 0 Å². The topological polar surface area (TPSA) is 62.7 Å². The van der Waals surface area contributed by atoms with Gasteiger partial charge >= 0.3 is 0 Å². The maximum atomic E-state index is 8.98. The van der Waals surface area contributed by atoms with Crippen molar-refractivity contribution in [3.63, 3.8) is 0 Å². The average Bonchev–Trinajstić information content (AvgIpc) is 2.55. The van der Waals surface area contributed by atoms with Crippen molar-refractivity contribution in [2.24, 2.45) is 0 Å². The number of hydrogen-bond acceptors (Lipinski definition) is 3. The number of halogens is 1. The van der Waals surface area contributed by atoms with E-state index in [4.69, 9.17) is 22.6 Å². The van der Waals surface area contributed by atoms with Crippen LogP contribution in [0.2, 0.25) is 0 Å². The van der Waals surface area contributed by atoms with Crippen molar-refractivity contribution >= 4 is 28.2 Å². The summed E-state index contributed by atoms with van der Waals surface area (Å²) in [4.78, 5) is 4.31. The number of hydrogen-bond donors (Lipinski definition) is 1. The summed E-state index contributed by atoms with van der Waals surface area (Å²) in [6, 6.07) is 16.0. The Morgan fingerprint density at radius 1 is 1.10 bits per heavy atom. The van der Waals surface area contributed by atoms with Crippen LogP contribution >= 0.6 is 11.6 Å². The Labute approximate surface area is 127 Å². The van der Waals surface area contributed by atoms with Crippen molar-refractivity contribution in [3.8, 4) is 17.2 Å². The van der Waals surface area contributed by atoms with Crippen LogP contribution in [0.3, 0.4) is 0 Å². The summed E-state index contributed by atoms with van der Waals surface area (Å²) in [5.41, 5.74) is 10.9. The van der Waals surface area contributed by atoms with Gasteiger partial charge < -0.3 is 5.73 Å². The van der Waals surface area contributed by atoms with Gasteiger partial charge in [-0.3, -0.25) is 4.98 Å². The fourth-order valence-electron chi connectivity index (χ4n) is 2.27. The number of nitrogens with zero attached hydrogens (tertiary/aromatic N) is 2. The first kappa shape index (κ1) is 13.4. The van der Waals surface area contributed by atoms with Crippen molar-refractivity contribution in [1.82, 2.24) is 4.98 Å². The zero-order valence-electron chi connectivity index (χ0n) is 11.2. The molecule has 0 aliphatic rings. The molecular weight excluding hydrogens is 282 g/mol. The smallest absolute Gasteiger partial charge is 0.103 e. The maximum Gasteiger partial charge on any atom is 0.103 e. The molecule has 0 saturated carbocycles. The lowest BCUT2D eigenvalue weighted by Gasteiger charge is -2.07. The van der Waals surface area contributed by atoms with Gasteiger partial charge in [-0.15, -0.1) is 11.6 Å². The van der Waals surface area contributed by atoms with Crippen LogP contribution in [0, 0.1) is 11.3 Å². The third-order valence-corrected chi connectivity index (χ3v) is 3.78. The predicted molar refractivity (Wildman–Crippen MR) is 85.9 cm³/mol. The van der Waals surface area contributed by atoms with Gasteiger partial charge in [0.25, 0.3) is 0 Å². The number of nitriles is 1. The van der Waals surface area contributed by atoms with Crippen LogP contribution in [0.1, 0.15) is 11.1 Å². The first-order valence-electron chi connectivity index (χ1n) is 6.46. The van der Waals surface area contributed by atoms with Gasteiger partial charge in [0.05, 0.1) is 16.8 Å². The highest BCUT2D eigenvalue weighted by atomic mass is 35.5. The van der Waals surface area contributed by atoms with E-state index in [0.717, 1.165) is 27.6 Å². The Kier molecular flexibility index (Phi) is 3.47. The highest BCUT2D eigenvalue weighted by molar-refractivity contribution is 6.17. The molecule has 0 atom stereocenters.